The van der Waals surface area contributed by atoms with Crippen LogP contribution in [0.2, 0.25) is 0 Å². The van der Waals surface area contributed by atoms with E-state index < -0.39 is 35.6 Å². The Bertz CT molecular complexity index is 466. The lowest BCUT2D eigenvalue weighted by Crippen LogP contribution is -2.77. The minimum absolute atomic E-state index is 0.0982. The van der Waals surface area contributed by atoms with Crippen LogP contribution in [0, 0.1) is 0 Å². The maximum absolute atomic E-state index is 12.4. The Labute approximate surface area is 116 Å². The highest BCUT2D eigenvalue weighted by molar-refractivity contribution is 5.99. The summed E-state index contributed by atoms with van der Waals surface area (Å²) >= 11 is 0. The van der Waals surface area contributed by atoms with Gasteiger partial charge in [0, 0.05) is 6.04 Å². The first-order valence-electron chi connectivity index (χ1n) is 6.53. The third-order valence-electron chi connectivity index (χ3n) is 4.26. The lowest BCUT2D eigenvalue weighted by atomic mass is 9.83. The molecular formula is C12H19N3O5. The summed E-state index contributed by atoms with van der Waals surface area (Å²) < 4.78 is 0. The van der Waals surface area contributed by atoms with Crippen molar-refractivity contribution in [3.8, 4) is 0 Å². The van der Waals surface area contributed by atoms with Gasteiger partial charge >= 0.3 is 6.09 Å². The third kappa shape index (κ3) is 1.82. The van der Waals surface area contributed by atoms with E-state index in [4.69, 9.17) is 5.73 Å². The number of hydrogen-bond donors (Lipinski definition) is 3. The number of primary amides is 1. The van der Waals surface area contributed by atoms with Crippen LogP contribution in [0.1, 0.15) is 26.7 Å². The summed E-state index contributed by atoms with van der Waals surface area (Å²) in [5, 5.41) is 18.8. The predicted molar refractivity (Wildman–Crippen MR) is 67.7 cm³/mol. The number of amides is 3. The topological polar surface area (TPSA) is 124 Å². The standard InChI is InChI=1S/C12H19N3O5/c1-6-3-4-12(15(6)11(19)20)5-14(10(12)18)8(7(2)16)9(13)17/h6-8,16H,3-5H2,1-2H3,(H2,13,17)(H,19,20)/t6?,7-,8+,12?/m1/s1. The second-order valence-electron chi connectivity index (χ2n) is 5.59. The average molecular weight is 285 g/mol. The number of carbonyl (C=O) groups is 3. The van der Waals surface area contributed by atoms with Crippen LogP contribution in [0.5, 0.6) is 0 Å². The smallest absolute Gasteiger partial charge is 0.408 e. The number of β-lactam (4-membered cyclic amide) rings is 1. The van der Waals surface area contributed by atoms with Crippen molar-refractivity contribution in [3.05, 3.63) is 0 Å². The van der Waals surface area contributed by atoms with Crippen LogP contribution >= 0.6 is 0 Å². The molecule has 0 radical (unpaired) electrons. The summed E-state index contributed by atoms with van der Waals surface area (Å²) in [5.74, 6) is -1.25. The Morgan fingerprint density at radius 3 is 2.50 bits per heavy atom. The van der Waals surface area contributed by atoms with Gasteiger partial charge in [-0.15, -0.1) is 0 Å². The van der Waals surface area contributed by atoms with Crippen LogP contribution in [0.25, 0.3) is 0 Å². The van der Waals surface area contributed by atoms with E-state index in [-0.39, 0.29) is 12.6 Å². The molecule has 8 nitrogen and oxygen atoms in total. The molecule has 8 heteroatoms. The first kappa shape index (κ1) is 14.6. The van der Waals surface area contributed by atoms with E-state index in [1.54, 1.807) is 6.92 Å². The van der Waals surface area contributed by atoms with Crippen molar-refractivity contribution in [1.82, 2.24) is 9.80 Å². The molecule has 0 aromatic heterocycles. The van der Waals surface area contributed by atoms with Crippen molar-refractivity contribution in [2.24, 2.45) is 5.73 Å². The molecule has 0 bridgehead atoms. The molecule has 0 aliphatic carbocycles. The molecule has 2 heterocycles. The Hall–Kier alpha value is -1.83. The van der Waals surface area contributed by atoms with Crippen LogP contribution in [0.3, 0.4) is 0 Å². The molecule has 0 aromatic rings. The second-order valence-corrected chi connectivity index (χ2v) is 5.59. The van der Waals surface area contributed by atoms with E-state index in [2.05, 4.69) is 0 Å². The fraction of sp³-hybridized carbons (Fsp3) is 0.750. The molecule has 2 unspecified atom stereocenters. The van der Waals surface area contributed by atoms with E-state index in [0.29, 0.717) is 12.8 Å². The molecule has 2 aliphatic heterocycles. The molecule has 1 spiro atoms. The summed E-state index contributed by atoms with van der Waals surface area (Å²) in [6.45, 7) is 3.22. The molecule has 3 amide bonds. The van der Waals surface area contributed by atoms with Gasteiger partial charge < -0.3 is 20.8 Å². The second kappa shape index (κ2) is 4.62. The van der Waals surface area contributed by atoms with Gasteiger partial charge in [0.25, 0.3) is 5.91 Å². The van der Waals surface area contributed by atoms with E-state index in [0.717, 1.165) is 4.90 Å². The van der Waals surface area contributed by atoms with Crippen molar-refractivity contribution < 1.29 is 24.6 Å². The minimum atomic E-state index is -1.14. The Morgan fingerprint density at radius 1 is 1.50 bits per heavy atom. The van der Waals surface area contributed by atoms with Gasteiger partial charge in [-0.3, -0.25) is 14.5 Å². The molecule has 2 rings (SSSR count). The first-order valence-corrected chi connectivity index (χ1v) is 6.53. The summed E-state index contributed by atoms with van der Waals surface area (Å²) in [4.78, 5) is 37.4. The van der Waals surface area contributed by atoms with E-state index >= 15 is 0 Å². The van der Waals surface area contributed by atoms with Gasteiger partial charge in [0.2, 0.25) is 5.91 Å². The van der Waals surface area contributed by atoms with Crippen molar-refractivity contribution >= 4 is 17.9 Å². The normalized spacial score (nSPS) is 32.1. The van der Waals surface area contributed by atoms with Crippen molar-refractivity contribution in [3.63, 3.8) is 0 Å². The SMILES string of the molecule is CC1CCC2(CN([C@H](C(N)=O)[C@@H](C)O)C2=O)N1C(=O)O. The zero-order valence-electron chi connectivity index (χ0n) is 11.4. The van der Waals surface area contributed by atoms with Gasteiger partial charge in [-0.1, -0.05) is 0 Å². The highest BCUT2D eigenvalue weighted by Gasteiger charge is 2.64. The van der Waals surface area contributed by atoms with Crippen LogP contribution in [0.15, 0.2) is 0 Å². The average Bonchev–Trinajstić information content (AvgIpc) is 2.67. The van der Waals surface area contributed by atoms with Crippen LogP contribution in [-0.2, 0) is 9.59 Å². The lowest BCUT2D eigenvalue weighted by Gasteiger charge is -2.53. The zero-order valence-corrected chi connectivity index (χ0v) is 11.4. The highest BCUT2D eigenvalue weighted by Crippen LogP contribution is 2.43. The van der Waals surface area contributed by atoms with Crippen LogP contribution in [0.4, 0.5) is 4.79 Å². The van der Waals surface area contributed by atoms with Crippen molar-refractivity contribution in [2.75, 3.05) is 6.54 Å². The summed E-state index contributed by atoms with van der Waals surface area (Å²) in [6, 6.07) is -1.35. The van der Waals surface area contributed by atoms with Gasteiger partial charge in [0.1, 0.15) is 11.6 Å². The molecule has 0 saturated carbocycles. The first-order chi connectivity index (χ1) is 9.22. The van der Waals surface area contributed by atoms with Crippen molar-refractivity contribution in [1.29, 1.82) is 0 Å². The van der Waals surface area contributed by atoms with Crippen LogP contribution in [-0.4, -0.2) is 68.2 Å². The number of aliphatic hydroxyl groups excluding tert-OH is 1. The van der Waals surface area contributed by atoms with Gasteiger partial charge in [-0.2, -0.15) is 0 Å². The largest absolute Gasteiger partial charge is 0.465 e. The number of nitrogens with two attached hydrogens (primary N) is 1. The number of hydrogen-bond acceptors (Lipinski definition) is 4. The van der Waals surface area contributed by atoms with Gasteiger partial charge in [-0.25, -0.2) is 4.79 Å². The molecular weight excluding hydrogens is 266 g/mol. The Kier molecular flexibility index (Phi) is 3.37. The predicted octanol–water partition coefficient (Wildman–Crippen LogP) is -1.04. The zero-order chi connectivity index (χ0) is 15.2. The molecule has 2 saturated heterocycles. The fourth-order valence-electron chi connectivity index (χ4n) is 3.33. The molecule has 20 heavy (non-hydrogen) atoms. The lowest BCUT2D eigenvalue weighted by molar-refractivity contribution is -0.171. The number of rotatable bonds is 3. The molecule has 0 aromatic carbocycles. The fourth-order valence-corrected chi connectivity index (χ4v) is 3.33. The number of carboxylic acid groups (broad SMARTS) is 1. The number of aliphatic hydroxyl groups is 1. The number of nitrogens with zero attached hydrogens (tertiary/aromatic N) is 2. The maximum Gasteiger partial charge on any atom is 0.408 e. The minimum Gasteiger partial charge on any atom is -0.465 e. The Morgan fingerprint density at radius 2 is 2.10 bits per heavy atom. The maximum atomic E-state index is 12.4. The van der Waals surface area contributed by atoms with Gasteiger partial charge in [-0.05, 0) is 26.7 Å². The summed E-state index contributed by atoms with van der Waals surface area (Å²) in [5.41, 5.74) is 4.11. The van der Waals surface area contributed by atoms with E-state index in [9.17, 15) is 24.6 Å². The number of likely N-dealkylation sites (tertiary alicyclic amines) is 2. The molecule has 2 aliphatic rings. The molecule has 112 valence electrons. The number of carbonyl (C=O) groups excluding carboxylic acids is 2. The van der Waals surface area contributed by atoms with E-state index in [1.807, 2.05) is 0 Å². The Balaban J connectivity index is 2.23. The summed E-state index contributed by atoms with van der Waals surface area (Å²) in [7, 11) is 0. The highest BCUT2D eigenvalue weighted by atomic mass is 16.4. The summed E-state index contributed by atoms with van der Waals surface area (Å²) in [6.07, 6.45) is -1.20. The van der Waals surface area contributed by atoms with Gasteiger partial charge in [0.05, 0.1) is 12.6 Å². The van der Waals surface area contributed by atoms with E-state index in [1.165, 1.54) is 11.8 Å². The van der Waals surface area contributed by atoms with Gasteiger partial charge in [0.15, 0.2) is 0 Å². The molecule has 4 N–H and O–H groups in total. The molecule has 4 atom stereocenters. The van der Waals surface area contributed by atoms with Crippen molar-refractivity contribution in [2.45, 2.75) is 50.4 Å². The molecule has 2 fully saturated rings. The quantitative estimate of drug-likeness (QED) is 0.572. The third-order valence-corrected chi connectivity index (χ3v) is 4.26. The van der Waals surface area contributed by atoms with Crippen LogP contribution < -0.4 is 5.73 Å². The monoisotopic (exact) mass is 285 g/mol.